The van der Waals surface area contributed by atoms with Gasteiger partial charge in [0.25, 0.3) is 0 Å². The van der Waals surface area contributed by atoms with E-state index in [4.69, 9.17) is 0 Å². The van der Waals surface area contributed by atoms with Crippen LogP contribution in [0.4, 0.5) is 0 Å². The maximum atomic E-state index is 10.5. The van der Waals surface area contributed by atoms with Crippen LogP contribution in [0.25, 0.3) is 0 Å². The third-order valence-corrected chi connectivity index (χ3v) is 4.74. The summed E-state index contributed by atoms with van der Waals surface area (Å²) in [6.07, 6.45) is 18.0. The number of carboxylic acid groups (broad SMARTS) is 1. The van der Waals surface area contributed by atoms with Gasteiger partial charge in [-0.25, -0.2) is 4.58 Å². The lowest BCUT2D eigenvalue weighted by Crippen LogP contribution is -2.31. The van der Waals surface area contributed by atoms with Gasteiger partial charge in [0.1, 0.15) is 13.0 Å². The van der Waals surface area contributed by atoms with Crippen LogP contribution in [0.1, 0.15) is 53.9 Å². The van der Waals surface area contributed by atoms with Gasteiger partial charge < -0.3 is 9.90 Å². The van der Waals surface area contributed by atoms with Crippen LogP contribution in [0.3, 0.4) is 0 Å². The molecule has 0 aromatic heterocycles. The van der Waals surface area contributed by atoms with Crippen LogP contribution in [0.15, 0.2) is 58.7 Å². The van der Waals surface area contributed by atoms with Gasteiger partial charge in [-0.05, 0) is 56.6 Å². The molecule has 0 atom stereocenters. The number of aliphatic carboxylic acids is 1. The largest absolute Gasteiger partial charge is 0.544 e. The van der Waals surface area contributed by atoms with Crippen molar-refractivity contribution in [1.29, 1.82) is 0 Å². The second-order valence-electron chi connectivity index (χ2n) is 7.88. The molecule has 0 fully saturated rings. The maximum absolute atomic E-state index is 10.5. The molecule has 1 rings (SSSR count). The molecule has 0 amide bonds. The normalized spacial score (nSPS) is 19.7. The molecule has 142 valence electrons. The molecule has 0 aliphatic heterocycles. The lowest BCUT2D eigenvalue weighted by atomic mass is 9.72. The molecular formula is C23H33NO2. The van der Waals surface area contributed by atoms with Crippen molar-refractivity contribution >= 4 is 12.2 Å². The van der Waals surface area contributed by atoms with Gasteiger partial charge >= 0.3 is 0 Å². The van der Waals surface area contributed by atoms with Crippen LogP contribution in [0.5, 0.6) is 0 Å². The Hall–Kier alpha value is -2.16. The number of nitrogens with zero attached hydrogens (tertiary/aromatic N) is 1. The highest BCUT2D eigenvalue weighted by Crippen LogP contribution is 2.40. The highest BCUT2D eigenvalue weighted by molar-refractivity contribution is 5.71. The molecule has 0 saturated heterocycles. The topological polar surface area (TPSA) is 43.1 Å². The summed E-state index contributed by atoms with van der Waals surface area (Å²) in [5.41, 5.74) is 5.50. The second-order valence-corrected chi connectivity index (χ2v) is 7.88. The molecule has 0 saturated carbocycles. The van der Waals surface area contributed by atoms with Crippen LogP contribution >= 0.6 is 0 Å². The van der Waals surface area contributed by atoms with Gasteiger partial charge in [0.05, 0.1) is 0 Å². The summed E-state index contributed by atoms with van der Waals surface area (Å²) in [4.78, 5) is 10.5. The molecule has 0 aromatic carbocycles. The summed E-state index contributed by atoms with van der Waals surface area (Å²) in [6.45, 7) is 10.9. The lowest BCUT2D eigenvalue weighted by Gasteiger charge is -2.32. The van der Waals surface area contributed by atoms with Crippen molar-refractivity contribution in [3.63, 3.8) is 0 Å². The molecule has 26 heavy (non-hydrogen) atoms. The van der Waals surface area contributed by atoms with Crippen molar-refractivity contribution in [3.8, 4) is 0 Å². The van der Waals surface area contributed by atoms with Crippen LogP contribution in [-0.2, 0) is 4.79 Å². The first-order valence-electron chi connectivity index (χ1n) is 9.27. The number of carbonyl (C=O) groups is 1. The molecular weight excluding hydrogens is 322 g/mol. The fraction of sp³-hybridized carbons (Fsp3) is 0.478. The quantitative estimate of drug-likeness (QED) is 0.394. The van der Waals surface area contributed by atoms with E-state index < -0.39 is 5.97 Å². The summed E-state index contributed by atoms with van der Waals surface area (Å²) in [7, 11) is 1.71. The van der Waals surface area contributed by atoms with Gasteiger partial charge in [0.2, 0.25) is 0 Å². The van der Waals surface area contributed by atoms with E-state index in [1.807, 2.05) is 25.2 Å². The van der Waals surface area contributed by atoms with E-state index in [1.165, 1.54) is 36.0 Å². The third-order valence-electron chi connectivity index (χ3n) is 4.74. The Morgan fingerprint density at radius 3 is 2.46 bits per heavy atom. The molecule has 1 aliphatic carbocycles. The van der Waals surface area contributed by atoms with Crippen molar-refractivity contribution in [2.45, 2.75) is 53.9 Å². The Bertz CT molecular complexity index is 698. The van der Waals surface area contributed by atoms with Crippen molar-refractivity contribution in [2.24, 2.45) is 5.41 Å². The van der Waals surface area contributed by atoms with E-state index in [0.717, 1.165) is 5.57 Å². The zero-order valence-corrected chi connectivity index (χ0v) is 17.1. The summed E-state index contributed by atoms with van der Waals surface area (Å²) in [5, 5.41) is 10.5. The Kier molecular flexibility index (Phi) is 8.50. The molecule has 0 heterocycles. The maximum Gasteiger partial charge on any atom is 0.182 e. The number of hydrogen-bond donors (Lipinski definition) is 0. The molecule has 0 unspecified atom stereocenters. The summed E-state index contributed by atoms with van der Waals surface area (Å²) < 4.78 is 1.58. The van der Waals surface area contributed by atoms with Gasteiger partial charge in [-0.2, -0.15) is 0 Å². The van der Waals surface area contributed by atoms with Crippen LogP contribution < -0.4 is 5.11 Å². The average Bonchev–Trinajstić information content (AvgIpc) is 2.51. The first-order valence-corrected chi connectivity index (χ1v) is 9.27. The number of carboxylic acids is 1. The van der Waals surface area contributed by atoms with Gasteiger partial charge in [0.15, 0.2) is 12.8 Å². The van der Waals surface area contributed by atoms with E-state index in [9.17, 15) is 9.90 Å². The van der Waals surface area contributed by atoms with E-state index in [2.05, 4.69) is 45.9 Å². The fourth-order valence-corrected chi connectivity index (χ4v) is 3.19. The fourth-order valence-electron chi connectivity index (χ4n) is 3.19. The highest BCUT2D eigenvalue weighted by atomic mass is 16.4. The van der Waals surface area contributed by atoms with Gasteiger partial charge in [-0.3, -0.25) is 0 Å². The van der Waals surface area contributed by atoms with Crippen molar-refractivity contribution in [3.05, 3.63) is 58.7 Å². The summed E-state index contributed by atoms with van der Waals surface area (Å²) in [6, 6.07) is 0. The van der Waals surface area contributed by atoms with Crippen molar-refractivity contribution in [1.82, 2.24) is 0 Å². The van der Waals surface area contributed by atoms with Crippen LogP contribution in [-0.4, -0.2) is 30.4 Å². The minimum Gasteiger partial charge on any atom is -0.544 e. The van der Waals surface area contributed by atoms with Crippen LogP contribution in [0.2, 0.25) is 0 Å². The first kappa shape index (κ1) is 21.9. The number of rotatable bonds is 7. The SMILES string of the molecule is CC1=C(/C=C/C(C)=C/C=C/C(C)=C/C=[N+](C)CC(=O)[O-])C(C)(C)CCC1. The highest BCUT2D eigenvalue weighted by Gasteiger charge is 2.26. The molecule has 0 aromatic rings. The Morgan fingerprint density at radius 1 is 1.19 bits per heavy atom. The Balaban J connectivity index is 2.73. The van der Waals surface area contributed by atoms with Gasteiger partial charge in [-0.1, -0.05) is 55.4 Å². The van der Waals surface area contributed by atoms with Gasteiger partial charge in [-0.15, -0.1) is 0 Å². The van der Waals surface area contributed by atoms with Crippen LogP contribution in [0, 0.1) is 5.41 Å². The number of allylic oxidation sites excluding steroid dienone is 10. The monoisotopic (exact) mass is 355 g/mol. The zero-order valence-electron chi connectivity index (χ0n) is 17.1. The molecule has 1 aliphatic rings. The average molecular weight is 356 g/mol. The van der Waals surface area contributed by atoms with Crippen molar-refractivity contribution < 1.29 is 14.5 Å². The molecule has 0 N–H and O–H groups in total. The Labute approximate surface area is 158 Å². The second kappa shape index (κ2) is 10.1. The molecule has 0 bridgehead atoms. The molecule has 0 radical (unpaired) electrons. The lowest BCUT2D eigenvalue weighted by molar-refractivity contribution is -0.494. The molecule has 0 spiro atoms. The van der Waals surface area contributed by atoms with Crippen molar-refractivity contribution in [2.75, 3.05) is 13.6 Å². The minimum absolute atomic E-state index is 0.108. The predicted octanol–water partition coefficient (Wildman–Crippen LogP) is 3.98. The number of likely N-dealkylation sites (N-methyl/N-ethyl adjacent to an activating group) is 1. The molecule has 3 nitrogen and oxygen atoms in total. The van der Waals surface area contributed by atoms with E-state index in [0.29, 0.717) is 0 Å². The van der Waals surface area contributed by atoms with E-state index >= 15 is 0 Å². The first-order chi connectivity index (χ1) is 12.1. The minimum atomic E-state index is -1.08. The Morgan fingerprint density at radius 2 is 1.85 bits per heavy atom. The van der Waals surface area contributed by atoms with E-state index in [-0.39, 0.29) is 12.0 Å². The summed E-state index contributed by atoms with van der Waals surface area (Å²) >= 11 is 0. The summed E-state index contributed by atoms with van der Waals surface area (Å²) in [5.74, 6) is -1.08. The third kappa shape index (κ3) is 7.81. The smallest absolute Gasteiger partial charge is 0.182 e. The number of carbonyl (C=O) groups excluding carboxylic acids is 1. The number of hydrogen-bond acceptors (Lipinski definition) is 2. The van der Waals surface area contributed by atoms with Gasteiger partial charge in [0, 0.05) is 6.08 Å². The van der Waals surface area contributed by atoms with E-state index in [1.54, 1.807) is 17.8 Å². The predicted molar refractivity (Wildman–Crippen MR) is 108 cm³/mol. The standard InChI is InChI=1S/C23H33NO2/c1-18(12-13-21-20(3)11-8-15-23(21,4)5)9-7-10-19(2)14-16-24(6)17-22(25)26/h7,9-10,12-14,16H,8,11,15,17H2,1-6H3/b10-7+,13-12+,18-9+,19-14+,24-16?. The molecule has 3 heteroatoms. The zero-order chi connectivity index (χ0) is 19.7.